The third-order valence-electron chi connectivity index (χ3n) is 4.20. The molecule has 0 aliphatic rings. The van der Waals surface area contributed by atoms with E-state index >= 15 is 0 Å². The van der Waals surface area contributed by atoms with E-state index in [-0.39, 0.29) is 0 Å². The molecule has 0 atom stereocenters. The third-order valence-corrected chi connectivity index (χ3v) is 6.17. The largest absolute Gasteiger partial charge is 0.465 e. The first-order valence-corrected chi connectivity index (χ1v) is 9.95. The number of ether oxygens (including phenoxy) is 1. The zero-order valence-electron chi connectivity index (χ0n) is 14.2. The normalized spacial score (nSPS) is 11.6. The molecule has 0 spiro atoms. The van der Waals surface area contributed by atoms with Crippen LogP contribution in [0.25, 0.3) is 20.8 Å². The number of hydrogen-bond acceptors (Lipinski definition) is 7. The van der Waals surface area contributed by atoms with E-state index in [0.29, 0.717) is 17.0 Å². The maximum absolute atomic E-state index is 11.9. The molecular weight excluding hydrogens is 382 g/mol. The van der Waals surface area contributed by atoms with E-state index in [0.717, 1.165) is 21.3 Å². The molecule has 5 aromatic rings. The molecule has 0 unspecified atom stereocenters. The number of aromatic nitrogens is 5. The Bertz CT molecular complexity index is 1300. The van der Waals surface area contributed by atoms with Gasteiger partial charge < -0.3 is 9.14 Å². The van der Waals surface area contributed by atoms with Gasteiger partial charge in [-0.25, -0.2) is 9.78 Å². The number of pyridine rings is 1. The van der Waals surface area contributed by atoms with Gasteiger partial charge in [0.15, 0.2) is 10.8 Å². The fourth-order valence-electron chi connectivity index (χ4n) is 2.99. The maximum Gasteiger partial charge on any atom is 0.341 e. The molecule has 0 fully saturated rings. The lowest BCUT2D eigenvalue weighted by molar-refractivity contribution is 0.0602. The van der Waals surface area contributed by atoms with Gasteiger partial charge >= 0.3 is 5.97 Å². The number of hydrogen-bond donors (Lipinski definition) is 0. The molecule has 0 saturated carbocycles. The first kappa shape index (κ1) is 16.3. The van der Waals surface area contributed by atoms with Crippen LogP contribution >= 0.6 is 23.1 Å². The van der Waals surface area contributed by atoms with Crippen molar-refractivity contribution in [3.8, 4) is 0 Å². The van der Waals surface area contributed by atoms with Crippen LogP contribution in [0.1, 0.15) is 16.1 Å². The van der Waals surface area contributed by atoms with Crippen LogP contribution in [0.5, 0.6) is 0 Å². The van der Waals surface area contributed by atoms with Crippen LogP contribution in [-0.4, -0.2) is 37.1 Å². The monoisotopic (exact) mass is 395 g/mol. The molecule has 0 saturated heterocycles. The molecule has 9 heteroatoms. The van der Waals surface area contributed by atoms with Crippen LogP contribution < -0.4 is 0 Å². The first-order chi connectivity index (χ1) is 13.2. The maximum atomic E-state index is 11.9. The lowest BCUT2D eigenvalue weighted by Crippen LogP contribution is -2.03. The van der Waals surface area contributed by atoms with Gasteiger partial charge in [-0.3, -0.25) is 4.40 Å². The van der Waals surface area contributed by atoms with Crippen LogP contribution in [0.15, 0.2) is 53.9 Å². The summed E-state index contributed by atoms with van der Waals surface area (Å²) < 4.78 is 9.92. The Balaban J connectivity index is 1.48. The van der Waals surface area contributed by atoms with Crippen molar-refractivity contribution in [1.82, 2.24) is 24.0 Å². The number of thiazole rings is 1. The van der Waals surface area contributed by atoms with Crippen molar-refractivity contribution in [2.75, 3.05) is 7.11 Å². The van der Waals surface area contributed by atoms with E-state index in [1.54, 1.807) is 35.2 Å². The molecule has 4 heterocycles. The van der Waals surface area contributed by atoms with Crippen molar-refractivity contribution in [3.63, 3.8) is 0 Å². The second-order valence-corrected chi connectivity index (χ2v) is 7.79. The van der Waals surface area contributed by atoms with E-state index in [1.165, 1.54) is 11.8 Å². The Labute approximate surface area is 161 Å². The summed E-state index contributed by atoms with van der Waals surface area (Å²) in [6.45, 7) is 0. The van der Waals surface area contributed by atoms with Gasteiger partial charge in [0.05, 0.1) is 23.0 Å². The van der Waals surface area contributed by atoms with Crippen LogP contribution in [-0.2, 0) is 10.5 Å². The summed E-state index contributed by atoms with van der Waals surface area (Å²) in [4.78, 5) is 17.4. The van der Waals surface area contributed by atoms with Crippen LogP contribution in [0.4, 0.5) is 0 Å². The molecule has 0 bridgehead atoms. The predicted octanol–water partition coefficient (Wildman–Crippen LogP) is 3.67. The molecule has 0 amide bonds. The van der Waals surface area contributed by atoms with Gasteiger partial charge in [0.25, 0.3) is 0 Å². The molecule has 1 aromatic carbocycles. The highest BCUT2D eigenvalue weighted by molar-refractivity contribution is 7.98. The number of thioether (sulfide) groups is 1. The number of nitrogens with zero attached hydrogens (tertiary/aromatic N) is 5. The van der Waals surface area contributed by atoms with Crippen LogP contribution in [0, 0.1) is 0 Å². The van der Waals surface area contributed by atoms with Gasteiger partial charge in [-0.05, 0) is 24.3 Å². The average molecular weight is 395 g/mol. The van der Waals surface area contributed by atoms with Crippen molar-refractivity contribution >= 4 is 49.9 Å². The highest BCUT2D eigenvalue weighted by atomic mass is 32.2. The molecule has 27 heavy (non-hydrogen) atoms. The molecule has 0 radical (unpaired) electrons. The Morgan fingerprint density at radius 3 is 3.00 bits per heavy atom. The number of para-hydroxylation sites is 1. The molecule has 4 aromatic heterocycles. The molecule has 5 rings (SSSR count). The van der Waals surface area contributed by atoms with Crippen molar-refractivity contribution in [2.45, 2.75) is 10.9 Å². The molecule has 0 aliphatic heterocycles. The Morgan fingerprint density at radius 2 is 2.11 bits per heavy atom. The number of benzene rings is 1. The number of rotatable bonds is 4. The van der Waals surface area contributed by atoms with Crippen LogP contribution in [0.2, 0.25) is 0 Å². The molecule has 7 nitrogen and oxygen atoms in total. The quantitative estimate of drug-likeness (QED) is 0.341. The summed E-state index contributed by atoms with van der Waals surface area (Å²) in [5, 5.41) is 9.42. The standard InChI is InChI=1S/C18H13N5O2S2/c1-25-16(24)12-5-4-8-22-9-11(19-15(12)22)10-26-17-20-21-18-23(17)13-6-2-3-7-14(13)27-18/h2-9H,10H2,1H3. The van der Waals surface area contributed by atoms with E-state index in [1.807, 2.05) is 28.9 Å². The van der Waals surface area contributed by atoms with Crippen molar-refractivity contribution in [3.05, 3.63) is 60.0 Å². The second kappa shape index (κ2) is 6.36. The summed E-state index contributed by atoms with van der Waals surface area (Å²) in [5.74, 6) is 0.224. The van der Waals surface area contributed by atoms with E-state index in [4.69, 9.17) is 4.74 Å². The minimum Gasteiger partial charge on any atom is -0.465 e. The molecule has 134 valence electrons. The highest BCUT2D eigenvalue weighted by Crippen LogP contribution is 2.30. The van der Waals surface area contributed by atoms with Gasteiger partial charge in [0.1, 0.15) is 5.56 Å². The lowest BCUT2D eigenvalue weighted by atomic mass is 10.3. The molecule has 0 aliphatic carbocycles. The Hall–Kier alpha value is -2.91. The van der Waals surface area contributed by atoms with Crippen molar-refractivity contribution < 1.29 is 9.53 Å². The van der Waals surface area contributed by atoms with Crippen molar-refractivity contribution in [1.29, 1.82) is 0 Å². The zero-order chi connectivity index (χ0) is 18.4. The molecule has 0 N–H and O–H groups in total. The fraction of sp³-hybridized carbons (Fsp3) is 0.111. The summed E-state index contributed by atoms with van der Waals surface area (Å²) in [6.07, 6.45) is 3.78. The van der Waals surface area contributed by atoms with E-state index in [9.17, 15) is 4.79 Å². The van der Waals surface area contributed by atoms with Gasteiger partial charge in [-0.15, -0.1) is 10.2 Å². The van der Waals surface area contributed by atoms with Gasteiger partial charge in [-0.2, -0.15) is 0 Å². The Kier molecular flexibility index (Phi) is 3.83. The Morgan fingerprint density at radius 1 is 1.22 bits per heavy atom. The number of methoxy groups -OCH3 is 1. The zero-order valence-corrected chi connectivity index (χ0v) is 15.8. The summed E-state index contributed by atoms with van der Waals surface area (Å²) in [6, 6.07) is 11.7. The summed E-state index contributed by atoms with van der Waals surface area (Å²) in [5.41, 5.74) is 3.00. The number of fused-ring (bicyclic) bond motifs is 4. The second-order valence-electron chi connectivity index (χ2n) is 5.84. The third kappa shape index (κ3) is 2.66. The van der Waals surface area contributed by atoms with Gasteiger partial charge in [0.2, 0.25) is 4.96 Å². The number of carbonyl (C=O) groups is 1. The highest BCUT2D eigenvalue weighted by Gasteiger charge is 2.16. The van der Waals surface area contributed by atoms with E-state index in [2.05, 4.69) is 31.7 Å². The SMILES string of the molecule is COC(=O)c1cccn2cc(CSc3nnc4sc5ccccc5n34)nc12. The summed E-state index contributed by atoms with van der Waals surface area (Å²) in [7, 11) is 1.37. The number of carbonyl (C=O) groups excluding carboxylic acids is 1. The molecular formula is C18H13N5O2S2. The number of imidazole rings is 1. The topological polar surface area (TPSA) is 73.8 Å². The minimum atomic E-state index is -0.394. The lowest BCUT2D eigenvalue weighted by Gasteiger charge is -2.00. The van der Waals surface area contributed by atoms with Crippen molar-refractivity contribution in [2.24, 2.45) is 0 Å². The fourth-order valence-corrected chi connectivity index (χ4v) is 4.84. The van der Waals surface area contributed by atoms with Crippen LogP contribution in [0.3, 0.4) is 0 Å². The first-order valence-electron chi connectivity index (χ1n) is 8.15. The van der Waals surface area contributed by atoms with Gasteiger partial charge in [0, 0.05) is 18.1 Å². The van der Waals surface area contributed by atoms with Gasteiger partial charge in [-0.1, -0.05) is 35.2 Å². The summed E-state index contributed by atoms with van der Waals surface area (Å²) >= 11 is 3.19. The average Bonchev–Trinajstić information content (AvgIpc) is 3.38. The minimum absolute atomic E-state index is 0.394. The predicted molar refractivity (Wildman–Crippen MR) is 104 cm³/mol. The number of esters is 1. The van der Waals surface area contributed by atoms with E-state index < -0.39 is 5.97 Å². The smallest absolute Gasteiger partial charge is 0.341 e.